The number of primary amides is 1. The fourth-order valence-electron chi connectivity index (χ4n) is 0.935. The first-order valence-corrected chi connectivity index (χ1v) is 4.63. The van der Waals surface area contributed by atoms with Gasteiger partial charge in [-0.15, -0.1) is 0 Å². The molecular formula is C9H10BrNO2. The molecule has 0 aliphatic rings. The first-order chi connectivity index (χ1) is 6.15. The van der Waals surface area contributed by atoms with Crippen LogP contribution in [0.5, 0.6) is 0 Å². The predicted molar refractivity (Wildman–Crippen MR) is 53.6 cm³/mol. The Morgan fingerprint density at radius 1 is 1.46 bits per heavy atom. The van der Waals surface area contributed by atoms with Crippen LogP contribution in [0.15, 0.2) is 24.3 Å². The van der Waals surface area contributed by atoms with E-state index in [9.17, 15) is 4.79 Å². The summed E-state index contributed by atoms with van der Waals surface area (Å²) in [5.41, 5.74) is 6.54. The van der Waals surface area contributed by atoms with Gasteiger partial charge >= 0.3 is 0 Å². The van der Waals surface area contributed by atoms with Crippen molar-refractivity contribution in [2.75, 3.05) is 7.11 Å². The lowest BCUT2D eigenvalue weighted by Gasteiger charge is -2.07. The molecule has 2 N–H and O–H groups in total. The molecule has 0 aromatic heterocycles. The number of carbonyl (C=O) groups excluding carboxylic acids is 1. The maximum absolute atomic E-state index is 10.7. The number of nitrogens with two attached hydrogens (primary N) is 1. The minimum absolute atomic E-state index is 0.144. The molecule has 4 heteroatoms. The molecule has 1 amide bonds. The largest absolute Gasteiger partial charge is 0.366 e. The lowest BCUT2D eigenvalue weighted by Crippen LogP contribution is -2.10. The number of halogens is 1. The van der Waals surface area contributed by atoms with Crippen LogP contribution in [0.3, 0.4) is 0 Å². The van der Waals surface area contributed by atoms with Crippen molar-refractivity contribution in [2.45, 2.75) is 5.01 Å². The molecule has 0 saturated carbocycles. The Kier molecular flexibility index (Phi) is 3.45. The van der Waals surface area contributed by atoms with Crippen LogP contribution in [0.25, 0.3) is 0 Å². The highest BCUT2D eigenvalue weighted by Gasteiger charge is 2.05. The van der Waals surface area contributed by atoms with Crippen molar-refractivity contribution in [3.8, 4) is 0 Å². The molecule has 1 unspecified atom stereocenters. The lowest BCUT2D eigenvalue weighted by molar-refractivity contribution is 0.1000. The van der Waals surface area contributed by atoms with Gasteiger partial charge in [0.1, 0.15) is 5.01 Å². The molecule has 0 aliphatic heterocycles. The minimum Gasteiger partial charge on any atom is -0.366 e. The molecule has 1 rings (SSSR count). The van der Waals surface area contributed by atoms with Gasteiger partial charge in [0.2, 0.25) is 5.91 Å². The van der Waals surface area contributed by atoms with Gasteiger partial charge in [-0.05, 0) is 17.7 Å². The molecule has 0 radical (unpaired) electrons. The van der Waals surface area contributed by atoms with E-state index in [1.54, 1.807) is 31.4 Å². The highest BCUT2D eigenvalue weighted by molar-refractivity contribution is 9.09. The Morgan fingerprint density at radius 3 is 2.38 bits per heavy atom. The van der Waals surface area contributed by atoms with Crippen LogP contribution in [0, 0.1) is 0 Å². The lowest BCUT2D eigenvalue weighted by atomic mass is 10.1. The summed E-state index contributed by atoms with van der Waals surface area (Å²) < 4.78 is 5.04. The predicted octanol–water partition coefficient (Wildman–Crippen LogP) is 1.83. The first-order valence-electron chi connectivity index (χ1n) is 3.72. The summed E-state index contributed by atoms with van der Waals surface area (Å²) in [5.74, 6) is -0.421. The summed E-state index contributed by atoms with van der Waals surface area (Å²) in [7, 11) is 1.60. The van der Waals surface area contributed by atoms with Gasteiger partial charge < -0.3 is 10.5 Å². The van der Waals surface area contributed by atoms with Crippen LogP contribution in [0.4, 0.5) is 0 Å². The van der Waals surface area contributed by atoms with Crippen molar-refractivity contribution in [1.29, 1.82) is 0 Å². The van der Waals surface area contributed by atoms with Gasteiger partial charge in [-0.2, -0.15) is 0 Å². The zero-order valence-electron chi connectivity index (χ0n) is 7.16. The van der Waals surface area contributed by atoms with Crippen molar-refractivity contribution < 1.29 is 9.53 Å². The third-order valence-electron chi connectivity index (χ3n) is 1.66. The number of carbonyl (C=O) groups is 1. The van der Waals surface area contributed by atoms with E-state index in [0.717, 1.165) is 5.56 Å². The van der Waals surface area contributed by atoms with Crippen molar-refractivity contribution in [3.63, 3.8) is 0 Å². The number of methoxy groups -OCH3 is 1. The molecule has 13 heavy (non-hydrogen) atoms. The monoisotopic (exact) mass is 243 g/mol. The van der Waals surface area contributed by atoms with E-state index < -0.39 is 5.91 Å². The van der Waals surface area contributed by atoms with Gasteiger partial charge in [0.05, 0.1) is 0 Å². The molecular weight excluding hydrogens is 234 g/mol. The molecule has 0 saturated heterocycles. The van der Waals surface area contributed by atoms with Crippen LogP contribution in [0.1, 0.15) is 20.9 Å². The van der Waals surface area contributed by atoms with Gasteiger partial charge in [-0.1, -0.05) is 28.1 Å². The Labute approximate surface area is 85.0 Å². The van der Waals surface area contributed by atoms with E-state index in [2.05, 4.69) is 15.9 Å². The SMILES string of the molecule is COC(Br)c1ccc(C(N)=O)cc1. The second kappa shape index (κ2) is 4.39. The average molecular weight is 244 g/mol. The van der Waals surface area contributed by atoms with E-state index in [1.807, 2.05) is 0 Å². The van der Waals surface area contributed by atoms with E-state index in [-0.39, 0.29) is 5.01 Å². The second-order valence-corrected chi connectivity index (χ2v) is 3.37. The van der Waals surface area contributed by atoms with Crippen molar-refractivity contribution in [2.24, 2.45) is 5.73 Å². The quantitative estimate of drug-likeness (QED) is 0.824. The van der Waals surface area contributed by atoms with E-state index in [1.165, 1.54) is 0 Å². The normalized spacial score (nSPS) is 12.5. The van der Waals surface area contributed by atoms with Crippen LogP contribution >= 0.6 is 15.9 Å². The summed E-state index contributed by atoms with van der Waals surface area (Å²) in [6.45, 7) is 0. The Hall–Kier alpha value is -0.870. The molecule has 0 aliphatic carbocycles. The summed E-state index contributed by atoms with van der Waals surface area (Å²) in [6, 6.07) is 6.93. The topological polar surface area (TPSA) is 52.3 Å². The zero-order chi connectivity index (χ0) is 9.84. The van der Waals surface area contributed by atoms with Gasteiger partial charge in [-0.25, -0.2) is 0 Å². The van der Waals surface area contributed by atoms with Crippen LogP contribution < -0.4 is 5.73 Å². The van der Waals surface area contributed by atoms with Crippen LogP contribution in [-0.4, -0.2) is 13.0 Å². The molecule has 3 nitrogen and oxygen atoms in total. The molecule has 0 heterocycles. The van der Waals surface area contributed by atoms with Gasteiger partial charge in [0, 0.05) is 12.7 Å². The van der Waals surface area contributed by atoms with Gasteiger partial charge in [-0.3, -0.25) is 4.79 Å². The van der Waals surface area contributed by atoms with Gasteiger partial charge in [0.25, 0.3) is 0 Å². The molecule has 70 valence electrons. The van der Waals surface area contributed by atoms with Crippen molar-refractivity contribution in [1.82, 2.24) is 0 Å². The fraction of sp³-hybridized carbons (Fsp3) is 0.222. The molecule has 0 bridgehead atoms. The minimum atomic E-state index is -0.421. The average Bonchev–Trinajstić information content (AvgIpc) is 2.17. The van der Waals surface area contributed by atoms with Gasteiger partial charge in [0.15, 0.2) is 0 Å². The standard InChI is InChI=1S/C9H10BrNO2/c1-13-8(10)6-2-4-7(5-3-6)9(11)12/h2-5,8H,1H3,(H2,11,12). The van der Waals surface area contributed by atoms with E-state index in [0.29, 0.717) is 5.56 Å². The zero-order valence-corrected chi connectivity index (χ0v) is 8.74. The summed E-state index contributed by atoms with van der Waals surface area (Å²) >= 11 is 3.31. The molecule has 0 spiro atoms. The van der Waals surface area contributed by atoms with Crippen LogP contribution in [-0.2, 0) is 4.74 Å². The summed E-state index contributed by atoms with van der Waals surface area (Å²) in [6.07, 6.45) is 0. The number of hydrogen-bond donors (Lipinski definition) is 1. The highest BCUT2D eigenvalue weighted by Crippen LogP contribution is 2.22. The number of hydrogen-bond acceptors (Lipinski definition) is 2. The summed E-state index contributed by atoms with van der Waals surface area (Å²) in [5, 5.41) is -0.144. The molecule has 0 fully saturated rings. The Morgan fingerprint density at radius 2 is 2.00 bits per heavy atom. The third kappa shape index (κ3) is 2.54. The number of amides is 1. The third-order valence-corrected chi connectivity index (χ3v) is 2.57. The van der Waals surface area contributed by atoms with E-state index in [4.69, 9.17) is 10.5 Å². The molecule has 1 atom stereocenters. The number of benzene rings is 1. The van der Waals surface area contributed by atoms with Crippen LogP contribution in [0.2, 0.25) is 0 Å². The van der Waals surface area contributed by atoms with E-state index >= 15 is 0 Å². The van der Waals surface area contributed by atoms with Crippen molar-refractivity contribution in [3.05, 3.63) is 35.4 Å². The Balaban J connectivity index is 2.87. The summed E-state index contributed by atoms with van der Waals surface area (Å²) in [4.78, 5) is 10.7. The number of ether oxygens (including phenoxy) is 1. The second-order valence-electron chi connectivity index (χ2n) is 2.54. The maximum atomic E-state index is 10.7. The fourth-order valence-corrected chi connectivity index (χ4v) is 1.24. The Bertz CT molecular complexity index is 297. The smallest absolute Gasteiger partial charge is 0.248 e. The van der Waals surface area contributed by atoms with Crippen molar-refractivity contribution >= 4 is 21.8 Å². The number of rotatable bonds is 3. The first kappa shape index (κ1) is 10.2. The molecule has 1 aromatic rings. The maximum Gasteiger partial charge on any atom is 0.248 e. The highest BCUT2D eigenvalue weighted by atomic mass is 79.9. The number of alkyl halides is 1. The molecule has 1 aromatic carbocycles.